The summed E-state index contributed by atoms with van der Waals surface area (Å²) in [7, 11) is 1.26. The minimum absolute atomic E-state index is 0. The van der Waals surface area contributed by atoms with E-state index in [1.165, 1.54) is 7.11 Å². The van der Waals surface area contributed by atoms with Crippen LogP contribution in [-0.2, 0) is 14.3 Å². The van der Waals surface area contributed by atoms with Crippen LogP contribution in [0.25, 0.3) is 0 Å². The molecule has 0 bridgehead atoms. The first-order valence-corrected chi connectivity index (χ1v) is 5.06. The molecule has 0 rings (SSSR count). The molecule has 0 saturated heterocycles. The van der Waals surface area contributed by atoms with E-state index in [0.717, 1.165) is 0 Å². The topological polar surface area (TPSA) is 93.5 Å². The fourth-order valence-electron chi connectivity index (χ4n) is 0.946. The van der Waals surface area contributed by atoms with Gasteiger partial charge in [0, 0.05) is 12.6 Å². The van der Waals surface area contributed by atoms with Crippen LogP contribution in [0.3, 0.4) is 0 Å². The highest BCUT2D eigenvalue weighted by Gasteiger charge is 2.08. The minimum Gasteiger partial charge on any atom is -0.464 e. The number of hydrogen-bond donors (Lipinski definition) is 3. The molecular formula is C11H19Br2N3O3. The molecule has 0 heterocycles. The van der Waals surface area contributed by atoms with Crippen molar-refractivity contribution in [3.8, 4) is 12.5 Å². The molecule has 0 aliphatic carbocycles. The van der Waals surface area contributed by atoms with Crippen LogP contribution in [0.2, 0.25) is 0 Å². The molecule has 0 aromatic rings. The highest BCUT2D eigenvalue weighted by molar-refractivity contribution is 8.93. The van der Waals surface area contributed by atoms with Gasteiger partial charge in [-0.15, -0.1) is 34.0 Å². The quantitative estimate of drug-likeness (QED) is 0.195. The number of nitrogens with one attached hydrogen (secondary N) is 2. The number of terminal acetylenes is 1. The SMILES string of the molecule is Br.Br.C#CNC(=CCCNC(=O)C(C)N)C(=O)OC. The third kappa shape index (κ3) is 10.6. The van der Waals surface area contributed by atoms with Gasteiger partial charge in [-0.1, -0.05) is 12.5 Å². The van der Waals surface area contributed by atoms with Crippen molar-refractivity contribution in [2.24, 2.45) is 5.73 Å². The van der Waals surface area contributed by atoms with Gasteiger partial charge in [0.15, 0.2) is 0 Å². The molecule has 4 N–H and O–H groups in total. The molecule has 1 unspecified atom stereocenters. The predicted octanol–water partition coefficient (Wildman–Crippen LogP) is 0.233. The molecule has 0 aliphatic heterocycles. The molecule has 1 atom stereocenters. The first-order chi connectivity index (χ1) is 8.02. The van der Waals surface area contributed by atoms with Gasteiger partial charge in [0.05, 0.1) is 13.2 Å². The number of ether oxygens (including phenoxy) is 1. The fraction of sp³-hybridized carbons (Fsp3) is 0.455. The summed E-state index contributed by atoms with van der Waals surface area (Å²) in [4.78, 5) is 22.3. The second kappa shape index (κ2) is 13.4. The van der Waals surface area contributed by atoms with Crippen LogP contribution < -0.4 is 16.4 Å². The van der Waals surface area contributed by atoms with Crippen molar-refractivity contribution in [3.05, 3.63) is 11.8 Å². The Bertz CT molecular complexity index is 352. The Kier molecular flexibility index (Phi) is 16.3. The number of carbonyl (C=O) groups is 2. The van der Waals surface area contributed by atoms with E-state index in [1.807, 2.05) is 0 Å². The largest absolute Gasteiger partial charge is 0.464 e. The molecule has 0 saturated carbocycles. The van der Waals surface area contributed by atoms with Crippen molar-refractivity contribution in [1.29, 1.82) is 0 Å². The molecule has 0 radical (unpaired) electrons. The molecule has 0 fully saturated rings. The average molecular weight is 401 g/mol. The van der Waals surface area contributed by atoms with Gasteiger partial charge in [0.1, 0.15) is 5.70 Å². The lowest BCUT2D eigenvalue weighted by molar-refractivity contribution is -0.136. The van der Waals surface area contributed by atoms with Crippen LogP contribution >= 0.6 is 34.0 Å². The first kappa shape index (κ1) is 23.1. The van der Waals surface area contributed by atoms with Crippen LogP contribution in [-0.4, -0.2) is 31.6 Å². The maximum absolute atomic E-state index is 11.2. The zero-order valence-corrected chi connectivity index (χ0v) is 14.2. The number of nitrogens with two attached hydrogens (primary N) is 1. The van der Waals surface area contributed by atoms with Gasteiger partial charge in [0.25, 0.3) is 0 Å². The molecule has 0 aromatic carbocycles. The standard InChI is InChI=1S/C11H17N3O3.2BrH/c1-4-13-9(11(16)17-3)6-5-7-14-10(15)8(2)12;;/h1,6,8,13H,5,7,12H2,2-3H3,(H,14,15);2*1H. The monoisotopic (exact) mass is 399 g/mol. The number of methoxy groups -OCH3 is 1. The fourth-order valence-corrected chi connectivity index (χ4v) is 0.946. The van der Waals surface area contributed by atoms with Crippen molar-refractivity contribution >= 4 is 45.8 Å². The van der Waals surface area contributed by atoms with Crippen LogP contribution in [0, 0.1) is 12.5 Å². The summed E-state index contributed by atoms with van der Waals surface area (Å²) in [6.07, 6.45) is 7.01. The van der Waals surface area contributed by atoms with Crippen molar-refractivity contribution < 1.29 is 14.3 Å². The van der Waals surface area contributed by atoms with E-state index in [1.54, 1.807) is 13.0 Å². The number of amides is 1. The van der Waals surface area contributed by atoms with Crippen LogP contribution in [0.5, 0.6) is 0 Å². The van der Waals surface area contributed by atoms with Gasteiger partial charge in [-0.05, 0) is 13.3 Å². The van der Waals surface area contributed by atoms with Crippen LogP contribution in [0.15, 0.2) is 11.8 Å². The lowest BCUT2D eigenvalue weighted by Gasteiger charge is -2.06. The van der Waals surface area contributed by atoms with E-state index in [0.29, 0.717) is 13.0 Å². The zero-order chi connectivity index (χ0) is 13.3. The Hall–Kier alpha value is -1.04. The van der Waals surface area contributed by atoms with Crippen molar-refractivity contribution in [3.63, 3.8) is 0 Å². The predicted molar refractivity (Wildman–Crippen MR) is 84.0 cm³/mol. The third-order valence-corrected chi connectivity index (χ3v) is 1.82. The first-order valence-electron chi connectivity index (χ1n) is 5.06. The molecule has 0 spiro atoms. The molecule has 6 nitrogen and oxygen atoms in total. The Morgan fingerprint density at radius 1 is 1.47 bits per heavy atom. The second-order valence-electron chi connectivity index (χ2n) is 3.25. The second-order valence-corrected chi connectivity index (χ2v) is 3.25. The van der Waals surface area contributed by atoms with E-state index in [-0.39, 0.29) is 45.6 Å². The molecule has 0 aromatic heterocycles. The van der Waals surface area contributed by atoms with Gasteiger partial charge >= 0.3 is 5.97 Å². The number of esters is 1. The Morgan fingerprint density at radius 2 is 2.05 bits per heavy atom. The molecule has 1 amide bonds. The molecule has 110 valence electrons. The van der Waals surface area contributed by atoms with Gasteiger partial charge in [-0.3, -0.25) is 4.79 Å². The van der Waals surface area contributed by atoms with Gasteiger partial charge < -0.3 is 21.1 Å². The number of rotatable bonds is 6. The van der Waals surface area contributed by atoms with E-state index < -0.39 is 12.0 Å². The third-order valence-electron chi connectivity index (χ3n) is 1.82. The maximum Gasteiger partial charge on any atom is 0.354 e. The zero-order valence-electron chi connectivity index (χ0n) is 10.8. The number of halogens is 2. The summed E-state index contributed by atoms with van der Waals surface area (Å²) in [6.45, 7) is 1.96. The number of hydrogen-bond acceptors (Lipinski definition) is 5. The highest BCUT2D eigenvalue weighted by Crippen LogP contribution is 1.94. The van der Waals surface area contributed by atoms with Crippen molar-refractivity contribution in [2.45, 2.75) is 19.4 Å². The van der Waals surface area contributed by atoms with Crippen molar-refractivity contribution in [1.82, 2.24) is 10.6 Å². The summed E-state index contributed by atoms with van der Waals surface area (Å²) < 4.78 is 4.51. The van der Waals surface area contributed by atoms with E-state index in [9.17, 15) is 9.59 Å². The van der Waals surface area contributed by atoms with Gasteiger partial charge in [0.2, 0.25) is 5.91 Å². The van der Waals surface area contributed by atoms with E-state index in [2.05, 4.69) is 21.4 Å². The summed E-state index contributed by atoms with van der Waals surface area (Å²) in [5, 5.41) is 5.02. The molecular weight excluding hydrogens is 382 g/mol. The van der Waals surface area contributed by atoms with Gasteiger partial charge in [-0.2, -0.15) is 0 Å². The van der Waals surface area contributed by atoms with E-state index >= 15 is 0 Å². The van der Waals surface area contributed by atoms with Crippen LogP contribution in [0.1, 0.15) is 13.3 Å². The summed E-state index contributed by atoms with van der Waals surface area (Å²) in [5.74, 6) is -0.801. The molecule has 0 aliphatic rings. The summed E-state index contributed by atoms with van der Waals surface area (Å²) in [6, 6.07) is 1.57. The molecule has 8 heteroatoms. The number of carbonyl (C=O) groups excluding carboxylic acids is 2. The minimum atomic E-state index is -0.554. The van der Waals surface area contributed by atoms with Crippen molar-refractivity contribution in [2.75, 3.05) is 13.7 Å². The van der Waals surface area contributed by atoms with Crippen LogP contribution in [0.4, 0.5) is 0 Å². The normalized spacial score (nSPS) is 10.9. The maximum atomic E-state index is 11.2. The smallest absolute Gasteiger partial charge is 0.354 e. The Balaban J connectivity index is -0.00000128. The lowest BCUT2D eigenvalue weighted by Crippen LogP contribution is -2.38. The Labute approximate surface area is 134 Å². The van der Waals surface area contributed by atoms with Gasteiger partial charge in [-0.25, -0.2) is 4.79 Å². The molecule has 19 heavy (non-hydrogen) atoms. The van der Waals surface area contributed by atoms with E-state index in [4.69, 9.17) is 12.2 Å². The summed E-state index contributed by atoms with van der Waals surface area (Å²) >= 11 is 0. The highest BCUT2D eigenvalue weighted by atomic mass is 79.9. The Morgan fingerprint density at radius 3 is 2.47 bits per heavy atom. The summed E-state index contributed by atoms with van der Waals surface area (Å²) in [5.41, 5.74) is 5.53. The lowest BCUT2D eigenvalue weighted by atomic mass is 10.3. The average Bonchev–Trinajstić information content (AvgIpc) is 2.31.